The summed E-state index contributed by atoms with van der Waals surface area (Å²) in [4.78, 5) is 22.0. The first-order valence-corrected chi connectivity index (χ1v) is 7.78. The molecule has 0 bridgehead atoms. The number of ether oxygens (including phenoxy) is 3. The Bertz CT molecular complexity index is 530. The minimum Gasteiger partial charge on any atom is -0.480 e. The minimum atomic E-state index is -0.464. The number of nitrogens with zero attached hydrogens (tertiary/aromatic N) is 3. The lowest BCUT2D eigenvalue weighted by atomic mass is 10.1. The van der Waals surface area contributed by atoms with Crippen LogP contribution < -0.4 is 4.74 Å². The number of aromatic nitrogens is 2. The predicted molar refractivity (Wildman–Crippen MR) is 84.2 cm³/mol. The molecule has 1 aromatic rings. The molecule has 0 radical (unpaired) electrons. The van der Waals surface area contributed by atoms with E-state index in [4.69, 9.17) is 14.2 Å². The third kappa shape index (κ3) is 5.35. The van der Waals surface area contributed by atoms with Gasteiger partial charge in [-0.3, -0.25) is 4.98 Å². The second-order valence-corrected chi connectivity index (χ2v) is 6.61. The van der Waals surface area contributed by atoms with Gasteiger partial charge in [-0.15, -0.1) is 0 Å². The molecular weight excluding hydrogens is 298 g/mol. The number of carbonyl (C=O) groups is 1. The topological polar surface area (TPSA) is 73.8 Å². The van der Waals surface area contributed by atoms with Gasteiger partial charge in [-0.2, -0.15) is 0 Å². The Morgan fingerprint density at radius 2 is 2.09 bits per heavy atom. The summed E-state index contributed by atoms with van der Waals surface area (Å²) in [6.45, 7) is 7.89. The molecular formula is C16H25N3O4. The molecule has 0 unspecified atom stereocenters. The maximum absolute atomic E-state index is 12.0. The molecule has 1 amide bonds. The van der Waals surface area contributed by atoms with E-state index in [2.05, 4.69) is 9.97 Å². The van der Waals surface area contributed by atoms with Crippen LogP contribution in [0.2, 0.25) is 0 Å². The van der Waals surface area contributed by atoms with Gasteiger partial charge >= 0.3 is 6.09 Å². The summed E-state index contributed by atoms with van der Waals surface area (Å²) >= 11 is 0. The summed E-state index contributed by atoms with van der Waals surface area (Å²) in [5, 5.41) is 0. The van der Waals surface area contributed by atoms with Crippen LogP contribution in [0.5, 0.6) is 5.88 Å². The van der Waals surface area contributed by atoms with Crippen molar-refractivity contribution in [2.45, 2.75) is 39.4 Å². The van der Waals surface area contributed by atoms with Gasteiger partial charge in [0.05, 0.1) is 20.3 Å². The smallest absolute Gasteiger partial charge is 0.410 e. The molecule has 128 valence electrons. The Morgan fingerprint density at radius 3 is 2.78 bits per heavy atom. The van der Waals surface area contributed by atoms with Gasteiger partial charge in [0.25, 0.3) is 0 Å². The molecule has 0 saturated carbocycles. The van der Waals surface area contributed by atoms with Crippen molar-refractivity contribution in [2.24, 2.45) is 5.92 Å². The zero-order valence-corrected chi connectivity index (χ0v) is 14.2. The maximum Gasteiger partial charge on any atom is 0.410 e. The standard InChI is InChI=1S/C16H25N3O4/c1-16(2,3)23-15(20)19-8-5-12(9-19)10-22-11-13-14(21-4)18-7-6-17-13/h6-7,12H,5,8-11H2,1-4H3/t12-/m0/s1. The minimum absolute atomic E-state index is 0.254. The summed E-state index contributed by atoms with van der Waals surface area (Å²) in [6.07, 6.45) is 3.85. The van der Waals surface area contributed by atoms with Gasteiger partial charge in [0.1, 0.15) is 11.3 Å². The summed E-state index contributed by atoms with van der Waals surface area (Å²) in [5.41, 5.74) is 0.214. The summed E-state index contributed by atoms with van der Waals surface area (Å²) in [6, 6.07) is 0. The molecule has 7 heteroatoms. The highest BCUT2D eigenvalue weighted by atomic mass is 16.6. The lowest BCUT2D eigenvalue weighted by Gasteiger charge is -2.24. The predicted octanol–water partition coefficient (Wildman–Crippen LogP) is 2.26. The van der Waals surface area contributed by atoms with Crippen LogP contribution in [0.15, 0.2) is 12.4 Å². The van der Waals surface area contributed by atoms with Gasteiger partial charge in [-0.25, -0.2) is 9.78 Å². The molecule has 1 aromatic heterocycles. The Hall–Kier alpha value is -1.89. The SMILES string of the molecule is COc1nccnc1COC[C@H]1CCN(C(=O)OC(C)(C)C)C1. The van der Waals surface area contributed by atoms with Gasteiger partial charge in [0.2, 0.25) is 5.88 Å². The monoisotopic (exact) mass is 323 g/mol. The first-order valence-electron chi connectivity index (χ1n) is 7.78. The number of methoxy groups -OCH3 is 1. The molecule has 1 fully saturated rings. The fourth-order valence-corrected chi connectivity index (χ4v) is 2.41. The number of rotatable bonds is 5. The van der Waals surface area contributed by atoms with E-state index in [0.717, 1.165) is 6.42 Å². The highest BCUT2D eigenvalue weighted by molar-refractivity contribution is 5.68. The lowest BCUT2D eigenvalue weighted by molar-refractivity contribution is 0.0270. The average molecular weight is 323 g/mol. The van der Waals surface area contributed by atoms with E-state index >= 15 is 0 Å². The first-order chi connectivity index (χ1) is 10.9. The molecule has 0 spiro atoms. The number of likely N-dealkylation sites (tertiary alicyclic amines) is 1. The first kappa shape index (κ1) is 17.5. The molecule has 2 heterocycles. The zero-order valence-electron chi connectivity index (χ0n) is 14.2. The number of amides is 1. The van der Waals surface area contributed by atoms with E-state index in [1.807, 2.05) is 20.8 Å². The van der Waals surface area contributed by atoms with Crippen LogP contribution in [-0.2, 0) is 16.1 Å². The van der Waals surface area contributed by atoms with Crippen molar-refractivity contribution >= 4 is 6.09 Å². The van der Waals surface area contributed by atoms with Crippen LogP contribution in [0.1, 0.15) is 32.9 Å². The molecule has 2 rings (SSSR count). The largest absolute Gasteiger partial charge is 0.480 e. The van der Waals surface area contributed by atoms with Crippen LogP contribution in [-0.4, -0.2) is 53.4 Å². The maximum atomic E-state index is 12.0. The number of hydrogen-bond donors (Lipinski definition) is 0. The van der Waals surface area contributed by atoms with Crippen molar-refractivity contribution in [1.82, 2.24) is 14.9 Å². The molecule has 0 aliphatic carbocycles. The van der Waals surface area contributed by atoms with Crippen LogP contribution >= 0.6 is 0 Å². The fourth-order valence-electron chi connectivity index (χ4n) is 2.41. The van der Waals surface area contributed by atoms with Crippen molar-refractivity contribution in [3.05, 3.63) is 18.1 Å². The highest BCUT2D eigenvalue weighted by Gasteiger charge is 2.29. The van der Waals surface area contributed by atoms with Gasteiger partial charge in [0, 0.05) is 31.4 Å². The van der Waals surface area contributed by atoms with E-state index in [1.165, 1.54) is 0 Å². The van der Waals surface area contributed by atoms with Crippen LogP contribution in [0.25, 0.3) is 0 Å². The van der Waals surface area contributed by atoms with E-state index in [-0.39, 0.29) is 6.09 Å². The second-order valence-electron chi connectivity index (χ2n) is 6.61. The Kier molecular flexibility index (Phi) is 5.76. The molecule has 0 N–H and O–H groups in total. The van der Waals surface area contributed by atoms with Gasteiger partial charge in [-0.05, 0) is 27.2 Å². The van der Waals surface area contributed by atoms with Gasteiger partial charge in [0.15, 0.2) is 0 Å². The van der Waals surface area contributed by atoms with Crippen molar-refractivity contribution in [1.29, 1.82) is 0 Å². The summed E-state index contributed by atoms with van der Waals surface area (Å²) in [7, 11) is 1.56. The zero-order chi connectivity index (χ0) is 16.9. The fraction of sp³-hybridized carbons (Fsp3) is 0.688. The summed E-state index contributed by atoms with van der Waals surface area (Å²) in [5.74, 6) is 0.791. The Labute approximate surface area is 137 Å². The quantitative estimate of drug-likeness (QED) is 0.827. The van der Waals surface area contributed by atoms with E-state index in [9.17, 15) is 4.79 Å². The van der Waals surface area contributed by atoms with E-state index < -0.39 is 5.60 Å². The van der Waals surface area contributed by atoms with Crippen molar-refractivity contribution in [3.8, 4) is 5.88 Å². The van der Waals surface area contributed by atoms with Gasteiger partial charge in [-0.1, -0.05) is 0 Å². The van der Waals surface area contributed by atoms with E-state index in [1.54, 1.807) is 24.4 Å². The van der Waals surface area contributed by atoms with Crippen molar-refractivity contribution in [3.63, 3.8) is 0 Å². The molecule has 1 aliphatic rings. The van der Waals surface area contributed by atoms with Crippen LogP contribution in [0, 0.1) is 5.92 Å². The normalized spacial score (nSPS) is 18.1. The van der Waals surface area contributed by atoms with Crippen LogP contribution in [0.4, 0.5) is 4.79 Å². The molecule has 1 atom stereocenters. The highest BCUT2D eigenvalue weighted by Crippen LogP contribution is 2.20. The van der Waals surface area contributed by atoms with Crippen LogP contribution in [0.3, 0.4) is 0 Å². The summed E-state index contributed by atoms with van der Waals surface area (Å²) < 4.78 is 16.2. The lowest BCUT2D eigenvalue weighted by Crippen LogP contribution is -2.35. The molecule has 1 aliphatic heterocycles. The third-order valence-corrected chi connectivity index (χ3v) is 3.46. The molecule has 0 aromatic carbocycles. The Morgan fingerprint density at radius 1 is 1.35 bits per heavy atom. The molecule has 7 nitrogen and oxygen atoms in total. The Balaban J connectivity index is 1.75. The van der Waals surface area contributed by atoms with E-state index in [0.29, 0.717) is 43.8 Å². The molecule has 1 saturated heterocycles. The average Bonchev–Trinajstić information content (AvgIpc) is 2.95. The second kappa shape index (κ2) is 7.59. The third-order valence-electron chi connectivity index (χ3n) is 3.46. The molecule has 23 heavy (non-hydrogen) atoms. The van der Waals surface area contributed by atoms with Crippen molar-refractivity contribution in [2.75, 3.05) is 26.8 Å². The number of hydrogen-bond acceptors (Lipinski definition) is 6. The van der Waals surface area contributed by atoms with Gasteiger partial charge < -0.3 is 19.1 Å². The number of carbonyl (C=O) groups excluding carboxylic acids is 1. The van der Waals surface area contributed by atoms with Crippen molar-refractivity contribution < 1.29 is 19.0 Å².